The Morgan fingerprint density at radius 2 is 0.962 bits per heavy atom. The van der Waals surface area contributed by atoms with Gasteiger partial charge in [-0.25, -0.2) is 9.35 Å². The lowest BCUT2D eigenvalue weighted by molar-refractivity contribution is 0.292. The summed E-state index contributed by atoms with van der Waals surface area (Å²) in [4.78, 5) is 0. The maximum Gasteiger partial charge on any atom is 0.190 e. The molecule has 2 heterocycles. The fourth-order valence-electron chi connectivity index (χ4n) is 5.63. The van der Waals surface area contributed by atoms with Crippen molar-refractivity contribution in [1.82, 2.24) is 29.7 Å². The van der Waals surface area contributed by atoms with E-state index in [9.17, 15) is 0 Å². The summed E-state index contributed by atoms with van der Waals surface area (Å²) in [6.45, 7) is 2.42. The molecule has 270 valence electrons. The Morgan fingerprint density at radius 3 is 1.44 bits per heavy atom. The van der Waals surface area contributed by atoms with E-state index in [1.165, 1.54) is 0 Å². The zero-order valence-electron chi connectivity index (χ0n) is 28.9. The molecule has 0 fully saturated rings. The van der Waals surface area contributed by atoms with E-state index in [4.69, 9.17) is 44.3 Å². The first-order chi connectivity index (χ1) is 25.4. The second kappa shape index (κ2) is 18.6. The van der Waals surface area contributed by atoms with Crippen molar-refractivity contribution in [3.63, 3.8) is 0 Å². The van der Waals surface area contributed by atoms with Crippen LogP contribution in [0.4, 0.5) is 11.4 Å². The average Bonchev–Trinajstić information content (AvgIpc) is 3.71. The first-order valence-electron chi connectivity index (χ1n) is 17.4. The molecular formula is C39H41Cl3N8O2. The third-order valence-corrected chi connectivity index (χ3v) is 9.20. The molecule has 0 amide bonds. The summed E-state index contributed by atoms with van der Waals surface area (Å²) in [5, 5.41) is 19.5. The van der Waals surface area contributed by atoms with E-state index in [2.05, 4.69) is 31.2 Å². The standard InChI is InChI=1S/C39H41Cl3N8O2/c1-28-20-22-34(32(41)24-28)51-26-38-45-43-36(49(38)47-30-14-8-6-9-15-30)18-12-4-2-3-5-13-19-37-44-46-39(50(37)48-31-16-10-7-11-17-31)27-52-35-23-21-29(40)25-33(35)42/h6-11,14-17,20-25,47-48H,2-5,12-13,18-19,26-27H2,1H3. The topological polar surface area (TPSA) is 104 Å². The molecule has 0 aliphatic rings. The van der Waals surface area contributed by atoms with Crippen molar-refractivity contribution in [3.8, 4) is 11.5 Å². The fourth-order valence-corrected chi connectivity index (χ4v) is 6.39. The second-order valence-electron chi connectivity index (χ2n) is 12.4. The number of anilines is 2. The molecule has 0 unspecified atom stereocenters. The van der Waals surface area contributed by atoms with Crippen molar-refractivity contribution in [3.05, 3.63) is 141 Å². The van der Waals surface area contributed by atoms with Crippen molar-refractivity contribution in [2.75, 3.05) is 10.9 Å². The number of hydrogen-bond acceptors (Lipinski definition) is 8. The number of ether oxygens (including phenoxy) is 2. The van der Waals surface area contributed by atoms with Crippen LogP contribution in [0.2, 0.25) is 15.1 Å². The molecule has 10 nitrogen and oxygen atoms in total. The van der Waals surface area contributed by atoms with Crippen molar-refractivity contribution < 1.29 is 9.47 Å². The van der Waals surface area contributed by atoms with Crippen LogP contribution in [-0.2, 0) is 26.1 Å². The van der Waals surface area contributed by atoms with Gasteiger partial charge in [-0.05, 0) is 79.9 Å². The van der Waals surface area contributed by atoms with Crippen LogP contribution in [0.3, 0.4) is 0 Å². The van der Waals surface area contributed by atoms with Gasteiger partial charge in [0.1, 0.15) is 24.7 Å². The summed E-state index contributed by atoms with van der Waals surface area (Å²) in [7, 11) is 0. The summed E-state index contributed by atoms with van der Waals surface area (Å²) >= 11 is 18.8. The van der Waals surface area contributed by atoms with Crippen molar-refractivity contribution in [1.29, 1.82) is 0 Å². The number of hydrogen-bond donors (Lipinski definition) is 2. The Kier molecular flexibility index (Phi) is 13.3. The van der Waals surface area contributed by atoms with Gasteiger partial charge in [-0.3, -0.25) is 10.9 Å². The number of aryl methyl sites for hydroxylation is 3. The van der Waals surface area contributed by atoms with Crippen LogP contribution >= 0.6 is 34.8 Å². The van der Waals surface area contributed by atoms with Crippen LogP contribution in [0.15, 0.2) is 97.1 Å². The molecule has 0 atom stereocenters. The number of para-hydroxylation sites is 2. The van der Waals surface area contributed by atoms with Crippen LogP contribution < -0.4 is 20.3 Å². The minimum Gasteiger partial charge on any atom is -0.484 e. The molecule has 0 aliphatic carbocycles. The molecule has 2 N–H and O–H groups in total. The first-order valence-corrected chi connectivity index (χ1v) is 18.5. The van der Waals surface area contributed by atoms with Gasteiger partial charge >= 0.3 is 0 Å². The van der Waals surface area contributed by atoms with Crippen LogP contribution in [0.5, 0.6) is 11.5 Å². The highest BCUT2D eigenvalue weighted by Gasteiger charge is 2.16. The molecule has 0 radical (unpaired) electrons. The lowest BCUT2D eigenvalue weighted by Gasteiger charge is -2.14. The predicted molar refractivity (Wildman–Crippen MR) is 207 cm³/mol. The average molecular weight is 760 g/mol. The number of aromatic nitrogens is 6. The Labute approximate surface area is 319 Å². The third-order valence-electron chi connectivity index (χ3n) is 8.37. The van der Waals surface area contributed by atoms with Crippen molar-refractivity contribution in [2.24, 2.45) is 0 Å². The summed E-state index contributed by atoms with van der Waals surface area (Å²) in [6.07, 6.45) is 7.97. The molecule has 6 rings (SSSR count). The van der Waals surface area contributed by atoms with E-state index in [-0.39, 0.29) is 13.2 Å². The lowest BCUT2D eigenvalue weighted by Crippen LogP contribution is -2.18. The molecule has 2 aromatic heterocycles. The molecule has 4 aromatic carbocycles. The Morgan fingerprint density at radius 1 is 0.519 bits per heavy atom. The van der Waals surface area contributed by atoms with Crippen molar-refractivity contribution in [2.45, 2.75) is 71.5 Å². The summed E-state index contributed by atoms with van der Waals surface area (Å²) < 4.78 is 15.9. The van der Waals surface area contributed by atoms with Gasteiger partial charge in [-0.15, -0.1) is 20.4 Å². The van der Waals surface area contributed by atoms with Crippen molar-refractivity contribution >= 4 is 46.2 Å². The molecule has 0 bridgehead atoms. The van der Waals surface area contributed by atoms with E-state index >= 15 is 0 Å². The van der Waals surface area contributed by atoms with Crippen LogP contribution in [-0.4, -0.2) is 29.7 Å². The second-order valence-corrected chi connectivity index (χ2v) is 13.6. The van der Waals surface area contributed by atoms with Crippen LogP contribution in [0.1, 0.15) is 67.4 Å². The first kappa shape index (κ1) is 37.0. The molecule has 13 heteroatoms. The van der Waals surface area contributed by atoms with Gasteiger partial charge in [-0.2, -0.15) is 0 Å². The molecule has 0 spiro atoms. The van der Waals surface area contributed by atoms with Gasteiger partial charge in [0, 0.05) is 17.9 Å². The van der Waals surface area contributed by atoms with Gasteiger partial charge < -0.3 is 9.47 Å². The number of halogens is 3. The largest absolute Gasteiger partial charge is 0.484 e. The zero-order valence-corrected chi connectivity index (χ0v) is 31.2. The highest BCUT2D eigenvalue weighted by molar-refractivity contribution is 6.35. The zero-order chi connectivity index (χ0) is 36.1. The van der Waals surface area contributed by atoms with Crippen LogP contribution in [0, 0.1) is 6.92 Å². The van der Waals surface area contributed by atoms with Crippen LogP contribution in [0.25, 0.3) is 0 Å². The number of rotatable bonds is 19. The smallest absolute Gasteiger partial charge is 0.190 e. The summed E-state index contributed by atoms with van der Waals surface area (Å²) in [5.41, 5.74) is 9.83. The van der Waals surface area contributed by atoms with Gasteiger partial charge in [0.05, 0.1) is 21.4 Å². The number of nitrogens with one attached hydrogen (secondary N) is 2. The quantitative estimate of drug-likeness (QED) is 0.0787. The highest BCUT2D eigenvalue weighted by Crippen LogP contribution is 2.29. The van der Waals surface area contributed by atoms with E-state index in [0.29, 0.717) is 38.2 Å². The number of benzene rings is 4. The molecule has 0 aliphatic heterocycles. The van der Waals surface area contributed by atoms with E-state index in [1.807, 2.05) is 95.1 Å². The normalized spacial score (nSPS) is 11.1. The fraction of sp³-hybridized carbons (Fsp3) is 0.282. The Balaban J connectivity index is 0.987. The molecule has 52 heavy (non-hydrogen) atoms. The van der Waals surface area contributed by atoms with E-state index < -0.39 is 0 Å². The maximum atomic E-state index is 6.40. The number of unbranched alkanes of at least 4 members (excludes halogenated alkanes) is 5. The highest BCUT2D eigenvalue weighted by atomic mass is 35.5. The molecule has 6 aromatic rings. The SMILES string of the molecule is Cc1ccc(OCc2nnc(CCCCCCCCc3nnc(COc4ccc(Cl)cc4Cl)n3Nc3ccccc3)n2Nc2ccccc2)c(Cl)c1. The van der Waals surface area contributed by atoms with Gasteiger partial charge in [0.2, 0.25) is 0 Å². The lowest BCUT2D eigenvalue weighted by atomic mass is 10.1. The monoisotopic (exact) mass is 758 g/mol. The van der Waals surface area contributed by atoms with E-state index in [1.54, 1.807) is 18.2 Å². The minimum absolute atomic E-state index is 0.193. The van der Waals surface area contributed by atoms with Gasteiger partial charge in [0.15, 0.2) is 23.3 Å². The molecule has 0 saturated carbocycles. The predicted octanol–water partition coefficient (Wildman–Crippen LogP) is 10.2. The maximum absolute atomic E-state index is 6.40. The Hall–Kier alpha value is -4.77. The summed E-state index contributed by atoms with van der Waals surface area (Å²) in [6, 6.07) is 30.8. The van der Waals surface area contributed by atoms with Gasteiger partial charge in [0.25, 0.3) is 0 Å². The molecule has 0 saturated heterocycles. The summed E-state index contributed by atoms with van der Waals surface area (Å²) in [5.74, 6) is 4.18. The minimum atomic E-state index is 0.193. The molecular weight excluding hydrogens is 719 g/mol. The van der Waals surface area contributed by atoms with Gasteiger partial charge in [-0.1, -0.05) is 103 Å². The van der Waals surface area contributed by atoms with E-state index in [0.717, 1.165) is 80.0 Å². The number of nitrogens with zero attached hydrogens (tertiary/aromatic N) is 6. The third kappa shape index (κ3) is 10.4. The Bertz CT molecular complexity index is 1880.